The van der Waals surface area contributed by atoms with E-state index >= 15 is 0 Å². The maximum absolute atomic E-state index is 9.77. The molecule has 8 heteroatoms. The minimum Gasteiger partial charge on any atom is -0.479 e. The number of nitrogens with zero attached hydrogens (tertiary/aromatic N) is 1. The Morgan fingerprint density at radius 3 is 2.23 bits per heavy atom. The van der Waals surface area contributed by atoms with Gasteiger partial charge in [0.05, 0.1) is 0 Å². The first-order chi connectivity index (χ1) is 10.4. The molecule has 0 fully saturated rings. The lowest BCUT2D eigenvalue weighted by Crippen LogP contribution is -2.39. The number of aromatic nitrogens is 1. The highest BCUT2D eigenvalue weighted by molar-refractivity contribution is 5.83. The second-order valence-electron chi connectivity index (χ2n) is 4.52. The van der Waals surface area contributed by atoms with Gasteiger partial charge in [-0.2, -0.15) is 0 Å². The summed E-state index contributed by atoms with van der Waals surface area (Å²) in [5.74, 6) is -3.54. The van der Waals surface area contributed by atoms with E-state index in [1.54, 1.807) is 0 Å². The van der Waals surface area contributed by atoms with Gasteiger partial charge in [-0.3, -0.25) is 4.98 Å². The van der Waals surface area contributed by atoms with E-state index in [2.05, 4.69) is 28.5 Å². The number of hydrogen-bond donors (Lipinski definition) is 5. The topological polar surface area (TPSA) is 140 Å². The van der Waals surface area contributed by atoms with Gasteiger partial charge in [0.2, 0.25) is 0 Å². The molecule has 0 aromatic carbocycles. The van der Waals surface area contributed by atoms with Crippen LogP contribution in [0.5, 0.6) is 0 Å². The Labute approximate surface area is 126 Å². The van der Waals surface area contributed by atoms with Gasteiger partial charge in [-0.25, -0.2) is 9.59 Å². The number of carbonyl (C=O) groups is 2. The zero-order valence-electron chi connectivity index (χ0n) is 11.7. The van der Waals surface area contributed by atoms with Crippen LogP contribution in [0.15, 0.2) is 36.7 Å². The number of aliphatic hydroxyl groups excluding tert-OH is 2. The molecule has 0 saturated heterocycles. The number of rotatable bonds is 4. The fraction of sp³-hybridized carbons (Fsp3) is 0.357. The molecule has 0 aliphatic carbocycles. The minimum atomic E-state index is -2.27. The van der Waals surface area contributed by atoms with E-state index in [1.807, 2.05) is 18.5 Å². The van der Waals surface area contributed by atoms with Crippen LogP contribution in [0.1, 0.15) is 18.0 Å². The van der Waals surface area contributed by atoms with E-state index < -0.39 is 24.1 Å². The zero-order valence-corrected chi connectivity index (χ0v) is 11.7. The summed E-state index contributed by atoms with van der Waals surface area (Å²) in [7, 11) is 0. The van der Waals surface area contributed by atoms with Crippen molar-refractivity contribution in [3.05, 3.63) is 42.2 Å². The SMILES string of the molecule is C1=CC[C@@H](c2cccnc2)NC1.O=C(O)C(O)C(O)C(=O)O. The predicted molar refractivity (Wildman–Crippen MR) is 76.0 cm³/mol. The Balaban J connectivity index is 0.000000225. The normalized spacial score (nSPS) is 19.5. The second-order valence-corrected chi connectivity index (χ2v) is 4.52. The molecule has 120 valence electrons. The van der Waals surface area contributed by atoms with Crippen LogP contribution in [0.3, 0.4) is 0 Å². The summed E-state index contributed by atoms with van der Waals surface area (Å²) in [5.41, 5.74) is 1.28. The van der Waals surface area contributed by atoms with Crippen LogP contribution >= 0.6 is 0 Å². The van der Waals surface area contributed by atoms with E-state index in [0.29, 0.717) is 6.04 Å². The Morgan fingerprint density at radius 1 is 1.18 bits per heavy atom. The number of carboxylic acids is 2. The van der Waals surface area contributed by atoms with Crippen LogP contribution in [-0.2, 0) is 9.59 Å². The van der Waals surface area contributed by atoms with Gasteiger partial charge < -0.3 is 25.7 Å². The van der Waals surface area contributed by atoms with Crippen molar-refractivity contribution in [3.8, 4) is 0 Å². The molecule has 0 spiro atoms. The second kappa shape index (κ2) is 8.88. The van der Waals surface area contributed by atoms with Crippen molar-refractivity contribution in [2.75, 3.05) is 6.54 Å². The molecule has 0 amide bonds. The molecule has 0 saturated carbocycles. The minimum absolute atomic E-state index is 0.462. The third kappa shape index (κ3) is 5.60. The van der Waals surface area contributed by atoms with Crippen LogP contribution in [0, 0.1) is 0 Å². The zero-order chi connectivity index (χ0) is 16.5. The molecule has 2 heterocycles. The summed E-state index contributed by atoms with van der Waals surface area (Å²) < 4.78 is 0. The van der Waals surface area contributed by atoms with Crippen LogP contribution in [0.2, 0.25) is 0 Å². The van der Waals surface area contributed by atoms with Crippen molar-refractivity contribution in [2.24, 2.45) is 0 Å². The van der Waals surface area contributed by atoms with E-state index in [1.165, 1.54) is 5.56 Å². The third-order valence-electron chi connectivity index (χ3n) is 2.91. The molecule has 0 radical (unpaired) electrons. The molecule has 3 atom stereocenters. The van der Waals surface area contributed by atoms with Gasteiger partial charge in [0.25, 0.3) is 0 Å². The average molecular weight is 310 g/mol. The molecular weight excluding hydrogens is 292 g/mol. The summed E-state index contributed by atoms with van der Waals surface area (Å²) in [6, 6.07) is 4.56. The average Bonchev–Trinajstić information content (AvgIpc) is 2.55. The van der Waals surface area contributed by atoms with Gasteiger partial charge in [-0.15, -0.1) is 0 Å². The van der Waals surface area contributed by atoms with Crippen molar-refractivity contribution in [3.63, 3.8) is 0 Å². The Hall–Kier alpha value is -2.29. The number of hydrogen-bond acceptors (Lipinski definition) is 6. The van der Waals surface area contributed by atoms with Gasteiger partial charge in [0.1, 0.15) is 0 Å². The van der Waals surface area contributed by atoms with Crippen molar-refractivity contribution < 1.29 is 30.0 Å². The lowest BCUT2D eigenvalue weighted by molar-refractivity contribution is -0.165. The number of aliphatic carboxylic acids is 2. The molecule has 2 unspecified atom stereocenters. The van der Waals surface area contributed by atoms with E-state index in [-0.39, 0.29) is 0 Å². The first-order valence-electron chi connectivity index (χ1n) is 6.53. The molecule has 22 heavy (non-hydrogen) atoms. The van der Waals surface area contributed by atoms with Crippen molar-refractivity contribution in [2.45, 2.75) is 24.7 Å². The number of pyridine rings is 1. The quantitative estimate of drug-likeness (QED) is 0.471. The largest absolute Gasteiger partial charge is 0.479 e. The Kier molecular flexibility index (Phi) is 7.17. The van der Waals surface area contributed by atoms with Gasteiger partial charge in [-0.1, -0.05) is 18.2 Å². The molecular formula is C14H18N2O6. The highest BCUT2D eigenvalue weighted by Gasteiger charge is 2.29. The van der Waals surface area contributed by atoms with Crippen LogP contribution in [-0.4, -0.2) is 56.1 Å². The first kappa shape index (κ1) is 17.8. The monoisotopic (exact) mass is 310 g/mol. The highest BCUT2D eigenvalue weighted by Crippen LogP contribution is 2.17. The van der Waals surface area contributed by atoms with E-state index in [0.717, 1.165) is 13.0 Å². The van der Waals surface area contributed by atoms with E-state index in [9.17, 15) is 9.59 Å². The highest BCUT2D eigenvalue weighted by atomic mass is 16.4. The van der Waals surface area contributed by atoms with Crippen LogP contribution < -0.4 is 5.32 Å². The molecule has 1 aliphatic rings. The Morgan fingerprint density at radius 2 is 1.82 bits per heavy atom. The first-order valence-corrected chi connectivity index (χ1v) is 6.53. The number of nitrogens with one attached hydrogen (secondary N) is 1. The molecule has 1 aromatic heterocycles. The lowest BCUT2D eigenvalue weighted by atomic mass is 10.0. The Bertz CT molecular complexity index is 501. The summed E-state index contributed by atoms with van der Waals surface area (Å²) in [6.45, 7) is 0.972. The van der Waals surface area contributed by atoms with E-state index in [4.69, 9.17) is 20.4 Å². The van der Waals surface area contributed by atoms with Gasteiger partial charge in [-0.05, 0) is 18.1 Å². The summed E-state index contributed by atoms with van der Waals surface area (Å²) in [6.07, 6.45) is 4.65. The van der Waals surface area contributed by atoms with Crippen LogP contribution in [0.4, 0.5) is 0 Å². The van der Waals surface area contributed by atoms with Crippen molar-refractivity contribution in [1.82, 2.24) is 10.3 Å². The van der Waals surface area contributed by atoms with Crippen LogP contribution in [0.25, 0.3) is 0 Å². The van der Waals surface area contributed by atoms with Crippen molar-refractivity contribution in [1.29, 1.82) is 0 Å². The predicted octanol–water partition coefficient (Wildman–Crippen LogP) is -0.450. The molecule has 2 rings (SSSR count). The number of aliphatic hydroxyl groups is 2. The molecule has 5 N–H and O–H groups in total. The fourth-order valence-electron chi connectivity index (χ4n) is 1.72. The standard InChI is InChI=1S/C10H12N2.C4H6O6/c1-2-7-12-10(5-1)9-4-3-6-11-8-9;5-1(3(7)8)2(6)4(9)10/h1-4,6,8,10,12H,5,7H2;1-2,5-6H,(H,7,8)(H,9,10)/t10-;/m0./s1. The summed E-state index contributed by atoms with van der Waals surface area (Å²) in [4.78, 5) is 23.6. The smallest absolute Gasteiger partial charge is 0.335 e. The molecule has 0 bridgehead atoms. The van der Waals surface area contributed by atoms with Gasteiger partial charge in [0, 0.05) is 25.0 Å². The van der Waals surface area contributed by atoms with Crippen molar-refractivity contribution >= 4 is 11.9 Å². The third-order valence-corrected chi connectivity index (χ3v) is 2.91. The number of carboxylic acid groups (broad SMARTS) is 2. The maximum atomic E-state index is 9.77. The molecule has 8 nitrogen and oxygen atoms in total. The van der Waals surface area contributed by atoms with Gasteiger partial charge in [0.15, 0.2) is 12.2 Å². The summed E-state index contributed by atoms with van der Waals surface area (Å²) >= 11 is 0. The molecule has 1 aliphatic heterocycles. The van der Waals surface area contributed by atoms with Gasteiger partial charge >= 0.3 is 11.9 Å². The fourth-order valence-corrected chi connectivity index (χ4v) is 1.72. The molecule has 1 aromatic rings. The maximum Gasteiger partial charge on any atom is 0.335 e. The lowest BCUT2D eigenvalue weighted by Gasteiger charge is -2.19. The summed E-state index contributed by atoms with van der Waals surface area (Å²) in [5, 5.41) is 35.9.